The molecule has 122 valence electrons. The monoisotopic (exact) mass is 317 g/mol. The quantitative estimate of drug-likeness (QED) is 0.883. The molecule has 0 radical (unpaired) electrons. The Morgan fingerprint density at radius 3 is 2.43 bits per heavy atom. The molecule has 1 aromatic heterocycles. The summed E-state index contributed by atoms with van der Waals surface area (Å²) in [7, 11) is 1.66. The fourth-order valence-electron chi connectivity index (χ4n) is 1.94. The maximum atomic E-state index is 12.4. The summed E-state index contributed by atoms with van der Waals surface area (Å²) in [5.74, 6) is -0.827. The molecule has 0 saturated heterocycles. The van der Waals surface area contributed by atoms with Crippen LogP contribution in [-0.4, -0.2) is 40.4 Å². The standard InChI is InChI=1S/C16H19N3O4/c1-11(2)19-9-8-14(17-19)16(22)18(3)12-4-6-13(7-5-12)23-10-15(20)21/h4-9,11H,10H2,1-3H3,(H,20,21). The molecule has 7 heteroatoms. The number of benzene rings is 1. The lowest BCUT2D eigenvalue weighted by atomic mass is 10.2. The first kappa shape index (κ1) is 16.5. The normalized spacial score (nSPS) is 10.6. The van der Waals surface area contributed by atoms with Crippen LogP contribution in [0.4, 0.5) is 5.69 Å². The summed E-state index contributed by atoms with van der Waals surface area (Å²) in [6.45, 7) is 3.57. The highest BCUT2D eigenvalue weighted by molar-refractivity contribution is 6.04. The predicted octanol–water partition coefficient (Wildman–Crippen LogP) is 2.20. The van der Waals surface area contributed by atoms with Crippen LogP contribution in [0.3, 0.4) is 0 Å². The molecule has 7 nitrogen and oxygen atoms in total. The number of aliphatic carboxylic acids is 1. The van der Waals surface area contributed by atoms with Gasteiger partial charge in [-0.05, 0) is 44.2 Å². The van der Waals surface area contributed by atoms with E-state index >= 15 is 0 Å². The highest BCUT2D eigenvalue weighted by Gasteiger charge is 2.17. The summed E-state index contributed by atoms with van der Waals surface area (Å²) >= 11 is 0. The van der Waals surface area contributed by atoms with Gasteiger partial charge in [-0.1, -0.05) is 0 Å². The molecule has 23 heavy (non-hydrogen) atoms. The Morgan fingerprint density at radius 1 is 1.26 bits per heavy atom. The minimum atomic E-state index is -1.04. The molecule has 1 N–H and O–H groups in total. The SMILES string of the molecule is CC(C)n1ccc(C(=O)N(C)c2ccc(OCC(=O)O)cc2)n1. The molecule has 0 fully saturated rings. The molecule has 0 aliphatic rings. The average Bonchev–Trinajstić information content (AvgIpc) is 3.02. The number of rotatable bonds is 6. The van der Waals surface area contributed by atoms with E-state index in [4.69, 9.17) is 9.84 Å². The molecule has 1 aromatic carbocycles. The van der Waals surface area contributed by atoms with Crippen molar-refractivity contribution in [1.82, 2.24) is 9.78 Å². The van der Waals surface area contributed by atoms with Gasteiger partial charge in [-0.2, -0.15) is 5.10 Å². The molecule has 0 aliphatic carbocycles. The number of aromatic nitrogens is 2. The second kappa shape index (κ2) is 6.95. The number of hydrogen-bond donors (Lipinski definition) is 1. The Bertz CT molecular complexity index is 692. The van der Waals surface area contributed by atoms with Crippen LogP contribution in [0.1, 0.15) is 30.4 Å². The van der Waals surface area contributed by atoms with Crippen LogP contribution in [0.15, 0.2) is 36.5 Å². The number of carboxylic acids is 1. The van der Waals surface area contributed by atoms with Gasteiger partial charge >= 0.3 is 5.97 Å². The van der Waals surface area contributed by atoms with Gasteiger partial charge in [0.25, 0.3) is 5.91 Å². The number of nitrogens with zero attached hydrogens (tertiary/aromatic N) is 3. The average molecular weight is 317 g/mol. The number of carbonyl (C=O) groups is 2. The van der Waals surface area contributed by atoms with Crippen molar-refractivity contribution in [3.05, 3.63) is 42.2 Å². The van der Waals surface area contributed by atoms with Crippen LogP contribution in [0.25, 0.3) is 0 Å². The molecule has 0 unspecified atom stereocenters. The van der Waals surface area contributed by atoms with Crippen molar-refractivity contribution in [1.29, 1.82) is 0 Å². The molecule has 0 aliphatic heterocycles. The van der Waals surface area contributed by atoms with E-state index in [0.29, 0.717) is 17.1 Å². The molecule has 1 heterocycles. The lowest BCUT2D eigenvalue weighted by Crippen LogP contribution is -2.26. The van der Waals surface area contributed by atoms with Crippen LogP contribution >= 0.6 is 0 Å². The number of anilines is 1. The highest BCUT2D eigenvalue weighted by atomic mass is 16.5. The fourth-order valence-corrected chi connectivity index (χ4v) is 1.94. The molecular weight excluding hydrogens is 298 g/mol. The number of amides is 1. The van der Waals surface area contributed by atoms with Gasteiger partial charge in [0.15, 0.2) is 12.3 Å². The van der Waals surface area contributed by atoms with Crippen molar-refractivity contribution >= 4 is 17.6 Å². The van der Waals surface area contributed by atoms with E-state index in [9.17, 15) is 9.59 Å². The molecule has 0 saturated carbocycles. The van der Waals surface area contributed by atoms with Crippen molar-refractivity contribution < 1.29 is 19.4 Å². The third-order valence-electron chi connectivity index (χ3n) is 3.25. The van der Waals surface area contributed by atoms with Gasteiger partial charge in [-0.15, -0.1) is 0 Å². The van der Waals surface area contributed by atoms with Crippen LogP contribution < -0.4 is 9.64 Å². The van der Waals surface area contributed by atoms with Gasteiger partial charge in [0, 0.05) is 25.0 Å². The summed E-state index contributed by atoms with van der Waals surface area (Å²) in [6, 6.07) is 8.49. The summed E-state index contributed by atoms with van der Waals surface area (Å²) in [6.07, 6.45) is 1.77. The van der Waals surface area contributed by atoms with Crippen molar-refractivity contribution in [2.45, 2.75) is 19.9 Å². The number of carbonyl (C=O) groups excluding carboxylic acids is 1. The van der Waals surface area contributed by atoms with Gasteiger partial charge in [-0.3, -0.25) is 9.48 Å². The van der Waals surface area contributed by atoms with Gasteiger partial charge in [0.2, 0.25) is 0 Å². The van der Waals surface area contributed by atoms with Crippen LogP contribution in [0.5, 0.6) is 5.75 Å². The van der Waals surface area contributed by atoms with E-state index in [1.54, 1.807) is 48.3 Å². The van der Waals surface area contributed by atoms with Crippen LogP contribution in [0, 0.1) is 0 Å². The van der Waals surface area contributed by atoms with Crippen molar-refractivity contribution in [3.63, 3.8) is 0 Å². The maximum absolute atomic E-state index is 12.4. The maximum Gasteiger partial charge on any atom is 0.341 e. The van der Waals surface area contributed by atoms with E-state index in [-0.39, 0.29) is 11.9 Å². The Morgan fingerprint density at radius 2 is 1.91 bits per heavy atom. The first-order valence-electron chi connectivity index (χ1n) is 7.16. The molecule has 0 atom stereocenters. The summed E-state index contributed by atoms with van der Waals surface area (Å²) < 4.78 is 6.78. The fraction of sp³-hybridized carbons (Fsp3) is 0.312. The second-order valence-corrected chi connectivity index (χ2v) is 5.32. The Hall–Kier alpha value is -2.83. The molecular formula is C16H19N3O4. The molecule has 0 spiro atoms. The molecule has 2 rings (SSSR count). The van der Waals surface area contributed by atoms with Crippen LogP contribution in [0.2, 0.25) is 0 Å². The third kappa shape index (κ3) is 4.09. The van der Waals surface area contributed by atoms with Crippen molar-refractivity contribution in [3.8, 4) is 5.75 Å². The zero-order chi connectivity index (χ0) is 17.0. The second-order valence-electron chi connectivity index (χ2n) is 5.32. The lowest BCUT2D eigenvalue weighted by Gasteiger charge is -2.16. The minimum Gasteiger partial charge on any atom is -0.482 e. The van der Waals surface area contributed by atoms with Gasteiger partial charge in [-0.25, -0.2) is 4.79 Å². The number of hydrogen-bond acceptors (Lipinski definition) is 4. The van der Waals surface area contributed by atoms with E-state index in [1.165, 1.54) is 4.90 Å². The van der Waals surface area contributed by atoms with Crippen LogP contribution in [-0.2, 0) is 4.79 Å². The topological polar surface area (TPSA) is 84.7 Å². The van der Waals surface area contributed by atoms with Crippen molar-refractivity contribution in [2.75, 3.05) is 18.6 Å². The third-order valence-corrected chi connectivity index (χ3v) is 3.25. The van der Waals surface area contributed by atoms with E-state index < -0.39 is 12.6 Å². The smallest absolute Gasteiger partial charge is 0.341 e. The first-order valence-corrected chi connectivity index (χ1v) is 7.16. The highest BCUT2D eigenvalue weighted by Crippen LogP contribution is 2.20. The number of carboxylic acid groups (broad SMARTS) is 1. The molecule has 2 aromatic rings. The Balaban J connectivity index is 2.07. The molecule has 1 amide bonds. The summed E-state index contributed by atoms with van der Waals surface area (Å²) in [5.41, 5.74) is 1.03. The van der Waals surface area contributed by atoms with E-state index in [0.717, 1.165) is 0 Å². The Labute approximate surface area is 134 Å². The Kier molecular flexibility index (Phi) is 5.00. The summed E-state index contributed by atoms with van der Waals surface area (Å²) in [5, 5.41) is 12.8. The predicted molar refractivity (Wildman–Crippen MR) is 84.9 cm³/mol. The summed E-state index contributed by atoms with van der Waals surface area (Å²) in [4.78, 5) is 24.4. The van der Waals surface area contributed by atoms with Gasteiger partial charge in [0.05, 0.1) is 0 Å². The van der Waals surface area contributed by atoms with Crippen molar-refractivity contribution in [2.24, 2.45) is 0 Å². The largest absolute Gasteiger partial charge is 0.482 e. The van der Waals surface area contributed by atoms with Gasteiger partial charge in [0.1, 0.15) is 5.75 Å². The van der Waals surface area contributed by atoms with E-state index in [2.05, 4.69) is 5.10 Å². The zero-order valence-electron chi connectivity index (χ0n) is 13.3. The van der Waals surface area contributed by atoms with Gasteiger partial charge < -0.3 is 14.7 Å². The van der Waals surface area contributed by atoms with E-state index in [1.807, 2.05) is 13.8 Å². The lowest BCUT2D eigenvalue weighted by molar-refractivity contribution is -0.139. The minimum absolute atomic E-state index is 0.188. The zero-order valence-corrected chi connectivity index (χ0v) is 13.3. The first-order chi connectivity index (χ1) is 10.9. The molecule has 0 bridgehead atoms. The number of ether oxygens (including phenoxy) is 1.